The lowest BCUT2D eigenvalue weighted by molar-refractivity contribution is -0.385. The summed E-state index contributed by atoms with van der Waals surface area (Å²) in [5.41, 5.74) is 2.51. The van der Waals surface area contributed by atoms with E-state index in [1.807, 2.05) is 31.2 Å². The first-order valence-corrected chi connectivity index (χ1v) is 15.8. The molecule has 2 aliphatic heterocycles. The highest BCUT2D eigenvalue weighted by Crippen LogP contribution is 2.69. The first-order valence-electron chi connectivity index (χ1n) is 14.1. The number of carbonyl (C=O) groups is 3. The zero-order valence-electron chi connectivity index (χ0n) is 22.9. The molecule has 2 bridgehead atoms. The number of nitro groups is 1. The van der Waals surface area contributed by atoms with Crippen molar-refractivity contribution in [1.82, 2.24) is 9.88 Å². The van der Waals surface area contributed by atoms with Crippen LogP contribution >= 0.6 is 23.1 Å². The summed E-state index contributed by atoms with van der Waals surface area (Å²) in [4.78, 5) is 66.9. The Balaban J connectivity index is 1.30. The maximum absolute atomic E-state index is 13.6. The maximum Gasteiger partial charge on any atom is 0.305 e. The summed E-state index contributed by atoms with van der Waals surface area (Å²) in [6, 6.07) is 12.4. The third-order valence-corrected chi connectivity index (χ3v) is 12.0. The number of likely N-dealkylation sites (tertiary alicyclic amines) is 1. The second-order valence-corrected chi connectivity index (χ2v) is 13.9. The third-order valence-electron chi connectivity index (χ3n) is 9.42. The van der Waals surface area contributed by atoms with Crippen LogP contribution in [0.2, 0.25) is 0 Å². The smallest absolute Gasteiger partial charge is 0.305 e. The lowest BCUT2D eigenvalue weighted by Gasteiger charge is -2.43. The maximum atomic E-state index is 13.6. The predicted molar refractivity (Wildman–Crippen MR) is 156 cm³/mol. The number of rotatable bonds is 8. The van der Waals surface area contributed by atoms with Crippen molar-refractivity contribution in [1.29, 1.82) is 0 Å². The number of amides is 2. The Morgan fingerprint density at radius 1 is 1.12 bits per heavy atom. The van der Waals surface area contributed by atoms with Gasteiger partial charge in [0.2, 0.25) is 11.8 Å². The van der Waals surface area contributed by atoms with Crippen molar-refractivity contribution in [2.75, 3.05) is 6.54 Å². The van der Waals surface area contributed by atoms with Crippen LogP contribution in [0.25, 0.3) is 0 Å². The molecule has 7 atom stereocenters. The molecule has 3 fully saturated rings. The van der Waals surface area contributed by atoms with Gasteiger partial charge < -0.3 is 14.8 Å². The van der Waals surface area contributed by atoms with Gasteiger partial charge in [-0.15, -0.1) is 11.8 Å². The van der Waals surface area contributed by atoms with Crippen LogP contribution in [0.15, 0.2) is 52.3 Å². The molecule has 7 rings (SSSR count). The van der Waals surface area contributed by atoms with Crippen LogP contribution in [0.4, 0.5) is 5.69 Å². The van der Waals surface area contributed by atoms with E-state index in [0.29, 0.717) is 22.8 Å². The Bertz CT molecular complexity index is 1730. The number of aromatic amines is 1. The number of aryl methyl sites for hydroxylation is 1. The number of thiazole rings is 1. The molecule has 0 radical (unpaired) electrons. The third kappa shape index (κ3) is 4.48. The minimum absolute atomic E-state index is 0.107. The van der Waals surface area contributed by atoms with E-state index < -0.39 is 28.6 Å². The van der Waals surface area contributed by atoms with E-state index in [0.717, 1.165) is 32.2 Å². The summed E-state index contributed by atoms with van der Waals surface area (Å²) in [6.07, 6.45) is 0.330. The number of aromatic nitrogens is 1. The van der Waals surface area contributed by atoms with Crippen molar-refractivity contribution in [2.24, 2.45) is 29.6 Å². The van der Waals surface area contributed by atoms with Crippen LogP contribution in [0.5, 0.6) is 5.75 Å². The van der Waals surface area contributed by atoms with Gasteiger partial charge in [-0.1, -0.05) is 41.2 Å². The number of imide groups is 1. The standard InChI is InChI=1S/C30H27N3O8S2/c1-13-2-4-14(5-3-13)12-41-19-7-6-15(33(39)40)10-16(19)21-22-17-11-18(25(22)42-27-26(21)43-30(38)31-27)24-23(17)28(36)32(29(24)37)9-8-20(34)35/h2-7,10,17-18,21-25H,8-9,11-12H2,1H3,(H,31,38)(H,34,35)/t17?,18?,21-,22?,23?,24?,25?/m1/s1. The van der Waals surface area contributed by atoms with Gasteiger partial charge in [0.05, 0.1) is 28.2 Å². The predicted octanol–water partition coefficient (Wildman–Crippen LogP) is 4.18. The Morgan fingerprint density at radius 2 is 1.84 bits per heavy atom. The molecule has 4 aliphatic rings. The minimum atomic E-state index is -1.08. The molecular formula is C30H27N3O8S2. The van der Waals surface area contributed by atoms with E-state index in [1.165, 1.54) is 23.9 Å². The molecule has 0 spiro atoms. The number of carboxylic acids is 1. The van der Waals surface area contributed by atoms with Crippen molar-refractivity contribution >= 4 is 46.6 Å². The zero-order chi connectivity index (χ0) is 30.2. The fourth-order valence-electron chi connectivity index (χ4n) is 7.72. The monoisotopic (exact) mass is 621 g/mol. The van der Waals surface area contributed by atoms with Gasteiger partial charge in [-0.05, 0) is 42.7 Å². The number of hydrogen-bond acceptors (Lipinski definition) is 9. The Hall–Kier alpha value is -3.97. The first-order chi connectivity index (χ1) is 20.6. The number of nitrogens with one attached hydrogen (secondary N) is 1. The Kier molecular flexibility index (Phi) is 6.69. The highest BCUT2D eigenvalue weighted by atomic mass is 32.2. The molecule has 2 aromatic carbocycles. The number of thioether (sulfide) groups is 1. The van der Waals surface area contributed by atoms with Gasteiger partial charge in [-0.2, -0.15) is 0 Å². The molecule has 222 valence electrons. The van der Waals surface area contributed by atoms with Crippen LogP contribution in [0.3, 0.4) is 0 Å². The van der Waals surface area contributed by atoms with Crippen molar-refractivity contribution in [3.63, 3.8) is 0 Å². The number of nitro benzene ring substituents is 1. The van der Waals surface area contributed by atoms with Gasteiger partial charge in [-0.3, -0.25) is 34.2 Å². The molecule has 13 heteroatoms. The SMILES string of the molecule is Cc1ccc(COc2ccc([N+](=O)[O-])cc2[C@H]2c3sc(=O)[nH]c3SC3C4CC(C5C(=O)N(CCC(=O)O)C(=O)C45)C32)cc1. The number of H-pyrrole nitrogens is 1. The van der Waals surface area contributed by atoms with Gasteiger partial charge in [0.15, 0.2) is 0 Å². The number of benzene rings is 2. The van der Waals surface area contributed by atoms with Crippen LogP contribution < -0.4 is 9.61 Å². The number of fused-ring (bicyclic) bond motifs is 9. The number of carboxylic acid groups (broad SMARTS) is 1. The molecule has 11 nitrogen and oxygen atoms in total. The minimum Gasteiger partial charge on any atom is -0.489 e. The van der Waals surface area contributed by atoms with Crippen molar-refractivity contribution in [3.05, 3.63) is 83.8 Å². The average Bonchev–Trinajstić information content (AvgIpc) is 3.70. The van der Waals surface area contributed by atoms with Crippen molar-refractivity contribution < 1.29 is 29.2 Å². The quantitative estimate of drug-likeness (QED) is 0.214. The fourth-order valence-corrected chi connectivity index (χ4v) is 10.6. The summed E-state index contributed by atoms with van der Waals surface area (Å²) >= 11 is 2.58. The highest BCUT2D eigenvalue weighted by Gasteiger charge is 2.69. The molecule has 2 saturated carbocycles. The number of non-ortho nitro benzene ring substituents is 1. The second kappa shape index (κ2) is 10.3. The van der Waals surface area contributed by atoms with E-state index in [2.05, 4.69) is 4.98 Å². The lowest BCUT2D eigenvalue weighted by atomic mass is 9.68. The van der Waals surface area contributed by atoms with Crippen molar-refractivity contribution in [2.45, 2.75) is 42.6 Å². The largest absolute Gasteiger partial charge is 0.489 e. The molecule has 3 aromatic rings. The normalized spacial score (nSPS) is 28.5. The molecule has 1 saturated heterocycles. The highest BCUT2D eigenvalue weighted by molar-refractivity contribution is 8.00. The van der Waals surface area contributed by atoms with Crippen LogP contribution in [0.1, 0.15) is 40.3 Å². The molecule has 2 aliphatic carbocycles. The average molecular weight is 622 g/mol. The lowest BCUT2D eigenvalue weighted by Crippen LogP contribution is -2.42. The van der Waals surface area contributed by atoms with E-state index in [9.17, 15) is 29.3 Å². The zero-order valence-corrected chi connectivity index (χ0v) is 24.6. The van der Waals surface area contributed by atoms with Crippen LogP contribution in [0, 0.1) is 46.6 Å². The molecular weight excluding hydrogens is 594 g/mol. The van der Waals surface area contributed by atoms with Crippen molar-refractivity contribution in [3.8, 4) is 5.75 Å². The molecule has 3 heterocycles. The fraction of sp³-hybridized carbons (Fsp3) is 0.400. The summed E-state index contributed by atoms with van der Waals surface area (Å²) in [5, 5.41) is 21.6. The van der Waals surface area contributed by atoms with Crippen LogP contribution in [-0.4, -0.2) is 49.5 Å². The first kappa shape index (κ1) is 27.8. The van der Waals surface area contributed by atoms with Gasteiger partial charge in [0, 0.05) is 40.3 Å². The Labute approximate surface area is 253 Å². The molecule has 1 aromatic heterocycles. The summed E-state index contributed by atoms with van der Waals surface area (Å²) in [5.74, 6) is -3.40. The van der Waals surface area contributed by atoms with E-state index in [-0.39, 0.29) is 65.0 Å². The number of carbonyl (C=O) groups excluding carboxylic acids is 2. The van der Waals surface area contributed by atoms with Gasteiger partial charge >= 0.3 is 10.8 Å². The number of hydrogen-bond donors (Lipinski definition) is 2. The summed E-state index contributed by atoms with van der Waals surface area (Å²) in [7, 11) is 0. The van der Waals surface area contributed by atoms with E-state index in [4.69, 9.17) is 9.84 Å². The molecule has 43 heavy (non-hydrogen) atoms. The van der Waals surface area contributed by atoms with E-state index >= 15 is 0 Å². The van der Waals surface area contributed by atoms with Gasteiger partial charge in [0.1, 0.15) is 12.4 Å². The molecule has 2 N–H and O–H groups in total. The van der Waals surface area contributed by atoms with Crippen LogP contribution in [-0.2, 0) is 21.0 Å². The molecule has 6 unspecified atom stereocenters. The topological polar surface area (TPSA) is 160 Å². The molecule has 2 amide bonds. The number of aliphatic carboxylic acids is 1. The number of ether oxygens (including phenoxy) is 1. The second-order valence-electron chi connectivity index (χ2n) is 11.7. The number of nitrogens with zero attached hydrogens (tertiary/aromatic N) is 2. The van der Waals surface area contributed by atoms with E-state index in [1.54, 1.807) is 6.07 Å². The Morgan fingerprint density at radius 3 is 2.53 bits per heavy atom. The van der Waals surface area contributed by atoms with Gasteiger partial charge in [0.25, 0.3) is 5.69 Å². The summed E-state index contributed by atoms with van der Waals surface area (Å²) < 4.78 is 6.30. The van der Waals surface area contributed by atoms with Gasteiger partial charge in [-0.25, -0.2) is 0 Å². The summed E-state index contributed by atoms with van der Waals surface area (Å²) in [6.45, 7) is 2.07.